The first kappa shape index (κ1) is 36.5. The van der Waals surface area contributed by atoms with E-state index in [1.807, 2.05) is 0 Å². The minimum Gasteiger partial charge on any atom is -0.480 e. The molecule has 0 aromatic heterocycles. The summed E-state index contributed by atoms with van der Waals surface area (Å²) in [7, 11) is 0. The molecule has 0 aliphatic rings. The zero-order valence-corrected chi connectivity index (χ0v) is 21.3. The van der Waals surface area contributed by atoms with Crippen LogP contribution in [0.1, 0.15) is 44.6 Å². The molecule has 0 unspecified atom stereocenters. The lowest BCUT2D eigenvalue weighted by Crippen LogP contribution is -2.35. The number of carboxylic acids is 3. The number of unbranched alkanes of at least 4 members (excludes halogenated alkanes) is 1. The Labute approximate surface area is 220 Å². The van der Waals surface area contributed by atoms with Gasteiger partial charge in [0.1, 0.15) is 29.9 Å². The van der Waals surface area contributed by atoms with Crippen LogP contribution in [0.3, 0.4) is 0 Å². The van der Waals surface area contributed by atoms with Gasteiger partial charge in [-0.1, -0.05) is 18.6 Å². The standard InChI is InChI=1S/C14H19N3O5.C6H14N2O2.C3H7NO2/c15-10(5-6-12(17)18)14(21)22-9-3-1-8(2-4-9)7-11(16)13(19)20;7-4-2-1-3-5(8)6(9)10;1-2(4)3(5)6/h1-4,10-11H,5-7,15-16H2,(H2,17,18)(H,19,20);5H,1-4,7-8H2,(H,9,10);2H,4H2,1H3,(H,5,6)/t10-,11-;5-;2-/m000/s1. The van der Waals surface area contributed by atoms with Gasteiger partial charge in [0, 0.05) is 6.42 Å². The molecule has 0 aliphatic heterocycles. The number of ether oxygens (including phenoxy) is 1. The molecule has 0 radical (unpaired) electrons. The molecule has 0 saturated carbocycles. The fraction of sp³-hybridized carbons (Fsp3) is 0.522. The third kappa shape index (κ3) is 19.5. The number of hydrogen-bond donors (Lipinski definition) is 9. The van der Waals surface area contributed by atoms with Crippen LogP contribution in [-0.4, -0.2) is 75.8 Å². The number of primary amides is 1. The van der Waals surface area contributed by atoms with Crippen LogP contribution in [0.5, 0.6) is 5.75 Å². The van der Waals surface area contributed by atoms with E-state index in [9.17, 15) is 24.0 Å². The molecule has 0 spiro atoms. The minimum absolute atomic E-state index is 0.00226. The first-order chi connectivity index (χ1) is 17.6. The topological polar surface area (TPSA) is 311 Å². The minimum atomic E-state index is -1.09. The molecule has 0 heterocycles. The first-order valence-corrected chi connectivity index (χ1v) is 11.6. The summed E-state index contributed by atoms with van der Waals surface area (Å²) in [6, 6.07) is 2.88. The highest BCUT2D eigenvalue weighted by atomic mass is 16.5. The Morgan fingerprint density at radius 3 is 1.68 bits per heavy atom. The largest absolute Gasteiger partial charge is 0.480 e. The van der Waals surface area contributed by atoms with Crippen molar-refractivity contribution in [1.82, 2.24) is 0 Å². The van der Waals surface area contributed by atoms with E-state index < -0.39 is 54.0 Å². The van der Waals surface area contributed by atoms with Crippen molar-refractivity contribution in [2.24, 2.45) is 34.4 Å². The molecular formula is C23H40N6O9. The van der Waals surface area contributed by atoms with Crippen LogP contribution < -0.4 is 39.1 Å². The van der Waals surface area contributed by atoms with Gasteiger partial charge in [-0.15, -0.1) is 0 Å². The van der Waals surface area contributed by atoms with E-state index in [0.717, 1.165) is 12.8 Å². The Hall–Kier alpha value is -3.63. The van der Waals surface area contributed by atoms with Crippen molar-refractivity contribution in [1.29, 1.82) is 0 Å². The molecule has 1 amide bonds. The molecule has 0 aliphatic carbocycles. The number of nitrogens with two attached hydrogens (primary N) is 6. The predicted molar refractivity (Wildman–Crippen MR) is 138 cm³/mol. The average Bonchev–Trinajstić information content (AvgIpc) is 2.84. The highest BCUT2D eigenvalue weighted by Crippen LogP contribution is 2.14. The highest BCUT2D eigenvalue weighted by Gasteiger charge is 2.17. The predicted octanol–water partition coefficient (Wildman–Crippen LogP) is -1.92. The number of carbonyl (C=O) groups excluding carboxylic acids is 2. The molecule has 0 bridgehead atoms. The number of hydrogen-bond acceptors (Lipinski definition) is 11. The van der Waals surface area contributed by atoms with E-state index in [-0.39, 0.29) is 25.0 Å². The molecular weight excluding hydrogens is 504 g/mol. The summed E-state index contributed by atoms with van der Waals surface area (Å²) in [6.45, 7) is 2.02. The van der Waals surface area contributed by atoms with Crippen LogP contribution in [0.2, 0.25) is 0 Å². The summed E-state index contributed by atoms with van der Waals surface area (Å²) in [5.41, 5.74) is 31.9. The lowest BCUT2D eigenvalue weighted by molar-refractivity contribution is -0.139. The van der Waals surface area contributed by atoms with Gasteiger partial charge in [-0.05, 0) is 56.8 Å². The third-order valence-corrected chi connectivity index (χ3v) is 4.60. The normalized spacial score (nSPS) is 13.2. The van der Waals surface area contributed by atoms with Crippen LogP contribution in [0.25, 0.3) is 0 Å². The monoisotopic (exact) mass is 544 g/mol. The van der Waals surface area contributed by atoms with Crippen molar-refractivity contribution in [2.75, 3.05) is 6.54 Å². The number of aliphatic carboxylic acids is 3. The van der Waals surface area contributed by atoms with Crippen LogP contribution in [0.15, 0.2) is 24.3 Å². The molecule has 4 atom stereocenters. The summed E-state index contributed by atoms with van der Waals surface area (Å²) < 4.78 is 5.05. The van der Waals surface area contributed by atoms with Gasteiger partial charge in [-0.2, -0.15) is 0 Å². The Balaban J connectivity index is 0. The lowest BCUT2D eigenvalue weighted by atomic mass is 10.1. The van der Waals surface area contributed by atoms with E-state index in [0.29, 0.717) is 18.5 Å². The summed E-state index contributed by atoms with van der Waals surface area (Å²) >= 11 is 0. The maximum Gasteiger partial charge on any atom is 0.328 e. The molecule has 1 aromatic carbocycles. The smallest absolute Gasteiger partial charge is 0.328 e. The van der Waals surface area contributed by atoms with E-state index in [2.05, 4.69) is 0 Å². The van der Waals surface area contributed by atoms with Crippen molar-refractivity contribution in [3.63, 3.8) is 0 Å². The molecule has 216 valence electrons. The van der Waals surface area contributed by atoms with Crippen molar-refractivity contribution in [3.8, 4) is 5.75 Å². The highest BCUT2D eigenvalue weighted by molar-refractivity contribution is 5.80. The van der Waals surface area contributed by atoms with Gasteiger partial charge < -0.3 is 54.5 Å². The lowest BCUT2D eigenvalue weighted by Gasteiger charge is -2.11. The van der Waals surface area contributed by atoms with Gasteiger partial charge in [-0.3, -0.25) is 19.2 Å². The summed E-state index contributed by atoms with van der Waals surface area (Å²) in [5.74, 6) is -3.92. The fourth-order valence-corrected chi connectivity index (χ4v) is 2.27. The summed E-state index contributed by atoms with van der Waals surface area (Å²) in [5, 5.41) is 24.9. The van der Waals surface area contributed by atoms with Crippen LogP contribution in [0, 0.1) is 0 Å². The van der Waals surface area contributed by atoms with Crippen molar-refractivity contribution in [2.45, 2.75) is 69.6 Å². The van der Waals surface area contributed by atoms with Gasteiger partial charge in [0.2, 0.25) is 5.91 Å². The van der Waals surface area contributed by atoms with E-state index >= 15 is 0 Å². The second-order valence-corrected chi connectivity index (χ2v) is 8.18. The average molecular weight is 545 g/mol. The Morgan fingerprint density at radius 2 is 1.29 bits per heavy atom. The SMILES string of the molecule is C[C@H](N)C(=O)O.NC(=O)CC[C@H](N)C(=O)Oc1ccc(C[C@H](N)C(=O)O)cc1.NCCCC[C@H](N)C(=O)O. The maximum atomic E-state index is 11.7. The zero-order chi connectivity index (χ0) is 29.8. The summed E-state index contributed by atoms with van der Waals surface area (Å²) in [6.07, 6.45) is 2.45. The maximum absolute atomic E-state index is 11.7. The fourth-order valence-electron chi connectivity index (χ4n) is 2.27. The first-order valence-electron chi connectivity index (χ1n) is 11.6. The molecule has 1 aromatic rings. The number of amides is 1. The number of rotatable bonds is 14. The number of esters is 1. The quantitative estimate of drug-likeness (QED) is 0.0700. The van der Waals surface area contributed by atoms with E-state index in [4.69, 9.17) is 54.5 Å². The molecule has 0 fully saturated rings. The van der Waals surface area contributed by atoms with Gasteiger partial charge in [0.25, 0.3) is 0 Å². The van der Waals surface area contributed by atoms with Crippen LogP contribution in [-0.2, 0) is 30.4 Å². The van der Waals surface area contributed by atoms with Gasteiger partial charge in [0.05, 0.1) is 0 Å². The Kier molecular flexibility index (Phi) is 19.6. The third-order valence-electron chi connectivity index (χ3n) is 4.60. The second kappa shape index (κ2) is 20.4. The number of benzene rings is 1. The van der Waals surface area contributed by atoms with Crippen LogP contribution >= 0.6 is 0 Å². The van der Waals surface area contributed by atoms with Crippen LogP contribution in [0.4, 0.5) is 0 Å². The zero-order valence-electron chi connectivity index (χ0n) is 21.3. The van der Waals surface area contributed by atoms with Crippen molar-refractivity contribution < 1.29 is 44.0 Å². The van der Waals surface area contributed by atoms with E-state index in [1.54, 1.807) is 12.1 Å². The molecule has 1 rings (SSSR count). The van der Waals surface area contributed by atoms with E-state index in [1.165, 1.54) is 19.1 Å². The molecule has 15 heteroatoms. The molecule has 0 saturated heterocycles. The Bertz CT molecular complexity index is 881. The number of carboxylic acid groups (broad SMARTS) is 3. The van der Waals surface area contributed by atoms with Gasteiger partial charge in [0.15, 0.2) is 0 Å². The molecule has 15 nitrogen and oxygen atoms in total. The summed E-state index contributed by atoms with van der Waals surface area (Å²) in [4.78, 5) is 52.7. The second-order valence-electron chi connectivity index (χ2n) is 8.18. The van der Waals surface area contributed by atoms with Crippen molar-refractivity contribution >= 4 is 29.8 Å². The molecule has 38 heavy (non-hydrogen) atoms. The number of carbonyl (C=O) groups is 5. The van der Waals surface area contributed by atoms with Gasteiger partial charge >= 0.3 is 23.9 Å². The Morgan fingerprint density at radius 1 is 0.789 bits per heavy atom. The van der Waals surface area contributed by atoms with Crippen molar-refractivity contribution in [3.05, 3.63) is 29.8 Å². The van der Waals surface area contributed by atoms with Gasteiger partial charge in [-0.25, -0.2) is 4.79 Å². The molecule has 15 N–H and O–H groups in total.